The second-order valence-corrected chi connectivity index (χ2v) is 10.1. The maximum Gasteiger partial charge on any atom is 0.348 e. The normalized spacial score (nSPS) is 23.9. The van der Waals surface area contributed by atoms with E-state index in [0.29, 0.717) is 29.5 Å². The maximum absolute atomic E-state index is 13.1. The molecule has 2 aliphatic rings. The SMILES string of the molecule is CCOC(=O)c1cc2cc(S(=O)(=O)N3CCC4(CCNC4)C3)ccc2s1. The Bertz CT molecular complexity index is 945. The number of sulfonamides is 1. The summed E-state index contributed by atoms with van der Waals surface area (Å²) in [7, 11) is -3.52. The average Bonchev–Trinajstić information content (AvgIpc) is 3.35. The van der Waals surface area contributed by atoms with Crippen molar-refractivity contribution in [2.75, 3.05) is 32.8 Å². The first-order valence-electron chi connectivity index (χ1n) is 8.85. The molecule has 1 aromatic heterocycles. The molecule has 8 heteroatoms. The molecule has 140 valence electrons. The van der Waals surface area contributed by atoms with E-state index in [1.165, 1.54) is 11.3 Å². The van der Waals surface area contributed by atoms with Crippen molar-refractivity contribution in [2.45, 2.75) is 24.7 Å². The molecular formula is C18H22N2O4S2. The van der Waals surface area contributed by atoms with Gasteiger partial charge in [0.1, 0.15) is 4.88 Å². The van der Waals surface area contributed by atoms with E-state index in [1.807, 2.05) is 0 Å². The third kappa shape index (κ3) is 3.05. The summed E-state index contributed by atoms with van der Waals surface area (Å²) >= 11 is 1.32. The molecule has 0 saturated carbocycles. The Morgan fingerprint density at radius 2 is 2.19 bits per heavy atom. The number of benzene rings is 1. The van der Waals surface area contributed by atoms with Crippen molar-refractivity contribution in [1.29, 1.82) is 0 Å². The number of fused-ring (bicyclic) bond motifs is 1. The van der Waals surface area contributed by atoms with Gasteiger partial charge in [-0.2, -0.15) is 4.31 Å². The molecule has 0 radical (unpaired) electrons. The van der Waals surface area contributed by atoms with Crippen LogP contribution in [0.1, 0.15) is 29.4 Å². The van der Waals surface area contributed by atoms with Crippen molar-refractivity contribution in [3.63, 3.8) is 0 Å². The van der Waals surface area contributed by atoms with Crippen molar-refractivity contribution in [1.82, 2.24) is 9.62 Å². The zero-order valence-corrected chi connectivity index (χ0v) is 16.3. The Kier molecular flexibility index (Phi) is 4.54. The van der Waals surface area contributed by atoms with Gasteiger partial charge in [0.05, 0.1) is 11.5 Å². The minimum Gasteiger partial charge on any atom is -0.462 e. The largest absolute Gasteiger partial charge is 0.462 e. The van der Waals surface area contributed by atoms with E-state index in [0.717, 1.165) is 36.0 Å². The van der Waals surface area contributed by atoms with E-state index in [4.69, 9.17) is 4.74 Å². The highest BCUT2D eigenvalue weighted by Crippen LogP contribution is 2.39. The van der Waals surface area contributed by atoms with Crippen molar-refractivity contribution in [3.05, 3.63) is 29.1 Å². The monoisotopic (exact) mass is 394 g/mol. The van der Waals surface area contributed by atoms with Crippen molar-refractivity contribution < 1.29 is 17.9 Å². The first-order valence-corrected chi connectivity index (χ1v) is 11.1. The van der Waals surface area contributed by atoms with Gasteiger partial charge >= 0.3 is 5.97 Å². The highest BCUT2D eigenvalue weighted by atomic mass is 32.2. The Balaban J connectivity index is 1.62. The minimum absolute atomic E-state index is 0.0939. The van der Waals surface area contributed by atoms with Gasteiger partial charge in [-0.05, 0) is 61.4 Å². The van der Waals surface area contributed by atoms with Crippen LogP contribution in [0.3, 0.4) is 0 Å². The van der Waals surface area contributed by atoms with Crippen LogP contribution in [0.15, 0.2) is 29.2 Å². The molecule has 2 aromatic rings. The number of carbonyl (C=O) groups excluding carboxylic acids is 1. The summed E-state index contributed by atoms with van der Waals surface area (Å²) in [6.07, 6.45) is 1.94. The zero-order valence-electron chi connectivity index (χ0n) is 14.7. The number of hydrogen-bond acceptors (Lipinski definition) is 6. The molecule has 6 nitrogen and oxygen atoms in total. The summed E-state index contributed by atoms with van der Waals surface area (Å²) in [6.45, 7) is 5.09. The first-order chi connectivity index (χ1) is 12.4. The van der Waals surface area contributed by atoms with Crippen LogP contribution in [0.2, 0.25) is 0 Å². The number of hydrogen-bond donors (Lipinski definition) is 1. The number of esters is 1. The summed E-state index contributed by atoms with van der Waals surface area (Å²) in [5.41, 5.74) is 0.0939. The van der Waals surface area contributed by atoms with E-state index in [2.05, 4.69) is 5.32 Å². The topological polar surface area (TPSA) is 75.7 Å². The molecule has 0 bridgehead atoms. The van der Waals surface area contributed by atoms with Crippen LogP contribution in [-0.4, -0.2) is 51.5 Å². The number of nitrogens with zero attached hydrogens (tertiary/aromatic N) is 1. The van der Waals surface area contributed by atoms with Crippen molar-refractivity contribution >= 4 is 37.4 Å². The van der Waals surface area contributed by atoms with Gasteiger partial charge in [-0.15, -0.1) is 11.3 Å². The lowest BCUT2D eigenvalue weighted by atomic mass is 9.87. The number of carbonyl (C=O) groups is 1. The lowest BCUT2D eigenvalue weighted by Crippen LogP contribution is -2.33. The standard InChI is InChI=1S/C18H22N2O4S2/c1-2-24-17(21)16-10-13-9-14(3-4-15(13)25-16)26(22,23)20-8-6-18(12-20)5-7-19-11-18/h3-4,9-10,19H,2,5-8,11-12H2,1H3. The Hall–Kier alpha value is -1.48. The first kappa shape index (κ1) is 17.9. The Morgan fingerprint density at radius 1 is 1.35 bits per heavy atom. The summed E-state index contributed by atoms with van der Waals surface area (Å²) in [4.78, 5) is 12.7. The molecule has 2 saturated heterocycles. The second kappa shape index (κ2) is 6.60. The molecule has 1 unspecified atom stereocenters. The van der Waals surface area contributed by atoms with Crippen LogP contribution in [-0.2, 0) is 14.8 Å². The molecule has 0 aliphatic carbocycles. The van der Waals surface area contributed by atoms with Gasteiger partial charge in [0.15, 0.2) is 0 Å². The van der Waals surface area contributed by atoms with E-state index >= 15 is 0 Å². The number of ether oxygens (including phenoxy) is 1. The molecule has 4 rings (SSSR count). The molecular weight excluding hydrogens is 372 g/mol. The summed E-state index contributed by atoms with van der Waals surface area (Å²) in [5, 5.41) is 4.11. The van der Waals surface area contributed by atoms with Gasteiger partial charge in [0, 0.05) is 24.3 Å². The third-order valence-corrected chi connectivity index (χ3v) is 8.27. The Labute approximate surface area is 157 Å². The molecule has 1 N–H and O–H groups in total. The van der Waals surface area contributed by atoms with Gasteiger partial charge < -0.3 is 10.1 Å². The lowest BCUT2D eigenvalue weighted by Gasteiger charge is -2.22. The fourth-order valence-electron chi connectivity index (χ4n) is 3.88. The van der Waals surface area contributed by atoms with Crippen LogP contribution in [0.25, 0.3) is 10.1 Å². The average molecular weight is 395 g/mol. The minimum atomic E-state index is -3.52. The van der Waals surface area contributed by atoms with Crippen LogP contribution in [0.4, 0.5) is 0 Å². The van der Waals surface area contributed by atoms with Crippen molar-refractivity contribution in [2.24, 2.45) is 5.41 Å². The van der Waals surface area contributed by atoms with Gasteiger partial charge in [-0.25, -0.2) is 13.2 Å². The quantitative estimate of drug-likeness (QED) is 0.806. The van der Waals surface area contributed by atoms with Gasteiger partial charge in [0.2, 0.25) is 10.0 Å². The predicted octanol–water partition coefficient (Wildman–Crippen LogP) is 2.45. The van der Waals surface area contributed by atoms with Gasteiger partial charge in [-0.3, -0.25) is 0 Å². The van der Waals surface area contributed by atoms with Crippen LogP contribution < -0.4 is 5.32 Å². The molecule has 0 amide bonds. The van der Waals surface area contributed by atoms with Crippen LogP contribution in [0.5, 0.6) is 0 Å². The Morgan fingerprint density at radius 3 is 2.92 bits per heavy atom. The summed E-state index contributed by atoms with van der Waals surface area (Å²) in [6, 6.07) is 6.80. The van der Waals surface area contributed by atoms with Gasteiger partial charge in [0.25, 0.3) is 0 Å². The number of thiophene rings is 1. The second-order valence-electron chi connectivity index (χ2n) is 7.05. The summed E-state index contributed by atoms with van der Waals surface area (Å²) < 4.78 is 33.7. The smallest absolute Gasteiger partial charge is 0.348 e. The fourth-order valence-corrected chi connectivity index (χ4v) is 6.40. The van der Waals surface area contributed by atoms with Crippen LogP contribution in [0, 0.1) is 5.41 Å². The molecule has 1 aromatic carbocycles. The number of rotatable bonds is 4. The highest BCUT2D eigenvalue weighted by Gasteiger charge is 2.44. The predicted molar refractivity (Wildman–Crippen MR) is 101 cm³/mol. The maximum atomic E-state index is 13.1. The van der Waals surface area contributed by atoms with E-state index in [9.17, 15) is 13.2 Å². The van der Waals surface area contributed by atoms with E-state index < -0.39 is 10.0 Å². The molecule has 1 atom stereocenters. The molecule has 26 heavy (non-hydrogen) atoms. The molecule has 2 fully saturated rings. The zero-order chi connectivity index (χ0) is 18.4. The van der Waals surface area contributed by atoms with E-state index in [1.54, 1.807) is 35.5 Å². The lowest BCUT2D eigenvalue weighted by molar-refractivity contribution is 0.0532. The van der Waals surface area contributed by atoms with E-state index in [-0.39, 0.29) is 11.4 Å². The molecule has 2 aliphatic heterocycles. The summed E-state index contributed by atoms with van der Waals surface area (Å²) in [5.74, 6) is -0.367. The molecule has 3 heterocycles. The highest BCUT2D eigenvalue weighted by molar-refractivity contribution is 7.89. The third-order valence-electron chi connectivity index (χ3n) is 5.34. The van der Waals surface area contributed by atoms with Crippen molar-refractivity contribution in [3.8, 4) is 0 Å². The number of nitrogens with one attached hydrogen (secondary N) is 1. The van der Waals surface area contributed by atoms with Gasteiger partial charge in [-0.1, -0.05) is 0 Å². The fraction of sp³-hybridized carbons (Fsp3) is 0.500. The van der Waals surface area contributed by atoms with Crippen LogP contribution >= 0.6 is 11.3 Å². The molecule has 1 spiro atoms.